The van der Waals surface area contributed by atoms with E-state index < -0.39 is 5.67 Å². The molecule has 5 rings (SSSR count). The van der Waals surface area contributed by atoms with Crippen molar-refractivity contribution >= 4 is 28.8 Å². The third-order valence-electron chi connectivity index (χ3n) is 7.33. The fraction of sp³-hybridized carbons (Fsp3) is 0.448. The summed E-state index contributed by atoms with van der Waals surface area (Å²) in [5, 5.41) is 4.57. The summed E-state index contributed by atoms with van der Waals surface area (Å²) in [4.78, 5) is 18.7. The van der Waals surface area contributed by atoms with Gasteiger partial charge in [-0.2, -0.15) is 5.10 Å². The molecule has 2 aromatic heterocycles. The van der Waals surface area contributed by atoms with Crippen LogP contribution in [-0.2, 0) is 23.6 Å². The van der Waals surface area contributed by atoms with Gasteiger partial charge in [-0.1, -0.05) is 41.9 Å². The maximum absolute atomic E-state index is 15.3. The quantitative estimate of drug-likeness (QED) is 0.316. The third kappa shape index (κ3) is 5.54. The van der Waals surface area contributed by atoms with Gasteiger partial charge in [0.05, 0.1) is 10.9 Å². The highest BCUT2D eigenvalue weighted by atomic mass is 35.5. The molecular formula is C29H34ClFN4OS. The lowest BCUT2D eigenvalue weighted by molar-refractivity contribution is -0.127. The van der Waals surface area contributed by atoms with Crippen LogP contribution in [0.15, 0.2) is 48.7 Å². The van der Waals surface area contributed by atoms with Gasteiger partial charge in [-0.3, -0.25) is 14.4 Å². The zero-order valence-corrected chi connectivity index (χ0v) is 23.3. The van der Waals surface area contributed by atoms with Gasteiger partial charge in [-0.15, -0.1) is 11.3 Å². The minimum absolute atomic E-state index is 0.0150. The maximum atomic E-state index is 15.3. The summed E-state index contributed by atoms with van der Waals surface area (Å²) in [6.07, 6.45) is 8.10. The molecule has 4 heterocycles. The topological polar surface area (TPSA) is 41.4 Å². The highest BCUT2D eigenvalue weighted by Gasteiger charge is 2.34. The largest absolute Gasteiger partial charge is 0.333 e. The van der Waals surface area contributed by atoms with Gasteiger partial charge in [0, 0.05) is 48.3 Å². The molecule has 0 unspecified atom stereocenters. The molecule has 1 atom stereocenters. The third-order valence-corrected chi connectivity index (χ3v) is 8.60. The zero-order valence-electron chi connectivity index (χ0n) is 21.7. The Bertz CT molecular complexity index is 1300. The molecular weight excluding hydrogens is 507 g/mol. The van der Waals surface area contributed by atoms with Crippen LogP contribution in [0.4, 0.5) is 4.39 Å². The number of carbonyl (C=O) groups is 1. The number of halogens is 2. The number of likely N-dealkylation sites (tertiary alicyclic amines) is 1. The van der Waals surface area contributed by atoms with Crippen molar-refractivity contribution < 1.29 is 9.18 Å². The van der Waals surface area contributed by atoms with Crippen LogP contribution < -0.4 is 0 Å². The number of amides is 1. The average molecular weight is 541 g/mol. The lowest BCUT2D eigenvalue weighted by Gasteiger charge is -2.33. The first-order chi connectivity index (χ1) is 17.7. The summed E-state index contributed by atoms with van der Waals surface area (Å²) in [6, 6.07) is 10.1. The number of carbonyl (C=O) groups excluding carboxylic acids is 1. The highest BCUT2D eigenvalue weighted by molar-refractivity contribution is 7.16. The second-order valence-electron chi connectivity index (χ2n) is 10.4. The number of hydrogen-bond donors (Lipinski definition) is 0. The van der Waals surface area contributed by atoms with Crippen LogP contribution in [0.3, 0.4) is 0 Å². The Kier molecular flexibility index (Phi) is 7.57. The molecule has 2 aliphatic heterocycles. The molecule has 0 aliphatic carbocycles. The van der Waals surface area contributed by atoms with Gasteiger partial charge in [0.25, 0.3) is 0 Å². The van der Waals surface area contributed by atoms with Crippen molar-refractivity contribution in [2.75, 3.05) is 26.2 Å². The van der Waals surface area contributed by atoms with Crippen molar-refractivity contribution in [2.24, 2.45) is 0 Å². The summed E-state index contributed by atoms with van der Waals surface area (Å²) in [5.74, 6) is -0.0542. The van der Waals surface area contributed by atoms with Gasteiger partial charge >= 0.3 is 0 Å². The summed E-state index contributed by atoms with van der Waals surface area (Å²) >= 11 is 8.02. The van der Waals surface area contributed by atoms with Gasteiger partial charge in [-0.05, 0) is 69.5 Å². The number of alkyl halides is 1. The first-order valence-electron chi connectivity index (χ1n) is 13.1. The molecule has 0 N–H and O–H groups in total. The lowest BCUT2D eigenvalue weighted by atomic mass is 9.83. The molecule has 196 valence electrons. The molecule has 1 amide bonds. The number of fused-ring (bicyclic) bond motifs is 1. The summed E-state index contributed by atoms with van der Waals surface area (Å²) in [6.45, 7) is 9.86. The van der Waals surface area contributed by atoms with Gasteiger partial charge in [0.1, 0.15) is 11.4 Å². The zero-order chi connectivity index (χ0) is 26.2. The average Bonchev–Trinajstić information content (AvgIpc) is 3.62. The van der Waals surface area contributed by atoms with E-state index in [9.17, 15) is 4.79 Å². The molecule has 2 aliphatic rings. The Morgan fingerprint density at radius 3 is 2.70 bits per heavy atom. The van der Waals surface area contributed by atoms with Crippen LogP contribution in [0.25, 0.3) is 11.1 Å². The van der Waals surface area contributed by atoms with Gasteiger partial charge < -0.3 is 4.90 Å². The lowest BCUT2D eigenvalue weighted by Crippen LogP contribution is -2.37. The van der Waals surface area contributed by atoms with Crippen molar-refractivity contribution in [3.63, 3.8) is 0 Å². The number of thiophene rings is 1. The molecule has 37 heavy (non-hydrogen) atoms. The SMILES string of the molecule is CCn1cc(-c2ccccc2[C@@H]2CN(C(=O)/C=C/CN3CCCC3)Cc3sc(Cl)cc32)c(C(C)(C)F)n1. The van der Waals surface area contributed by atoms with E-state index in [4.69, 9.17) is 11.6 Å². The predicted octanol–water partition coefficient (Wildman–Crippen LogP) is 6.62. The first-order valence-corrected chi connectivity index (χ1v) is 14.3. The number of hydrogen-bond acceptors (Lipinski definition) is 4. The van der Waals surface area contributed by atoms with Crippen molar-refractivity contribution in [3.8, 4) is 11.1 Å². The standard InChI is InChI=1S/C29H34ClFN4OS/c1-4-35-18-24(28(32-35)29(2,3)31)21-11-6-5-10-20(21)23-17-34(19-25-22(23)16-26(30)37-25)27(36)12-9-15-33-13-7-8-14-33/h5-6,9-12,16,18,23H,4,7-8,13-15,17,19H2,1-3H3/b12-9+/t23-/m0/s1. The van der Waals surface area contributed by atoms with Crippen molar-refractivity contribution in [3.05, 3.63) is 74.7 Å². The second-order valence-corrected chi connectivity index (χ2v) is 12.2. The second kappa shape index (κ2) is 10.7. The fourth-order valence-corrected chi connectivity index (χ4v) is 6.81. The molecule has 0 saturated carbocycles. The summed E-state index contributed by atoms with van der Waals surface area (Å²) in [5.41, 5.74) is 2.78. The highest BCUT2D eigenvalue weighted by Crippen LogP contribution is 2.44. The first kappa shape index (κ1) is 26.1. The van der Waals surface area contributed by atoms with Gasteiger partial charge in [-0.25, -0.2) is 4.39 Å². The van der Waals surface area contributed by atoms with E-state index in [1.165, 1.54) is 24.2 Å². The molecule has 1 saturated heterocycles. The molecule has 3 aromatic rings. The summed E-state index contributed by atoms with van der Waals surface area (Å²) in [7, 11) is 0. The van der Waals surface area contributed by atoms with Gasteiger partial charge in [0.15, 0.2) is 0 Å². The van der Waals surface area contributed by atoms with Crippen LogP contribution in [0, 0.1) is 0 Å². The summed E-state index contributed by atoms with van der Waals surface area (Å²) < 4.78 is 17.8. The predicted molar refractivity (Wildman–Crippen MR) is 149 cm³/mol. The number of benzene rings is 1. The fourth-order valence-electron chi connectivity index (χ4n) is 5.46. The normalized spacial score (nSPS) is 18.6. The van der Waals surface area contributed by atoms with Crippen LogP contribution in [0.2, 0.25) is 4.34 Å². The Hall–Kier alpha value is -2.48. The Morgan fingerprint density at radius 1 is 1.22 bits per heavy atom. The molecule has 0 radical (unpaired) electrons. The van der Waals surface area contributed by atoms with Crippen LogP contribution >= 0.6 is 22.9 Å². The molecule has 8 heteroatoms. The van der Waals surface area contributed by atoms with E-state index in [1.54, 1.807) is 24.6 Å². The minimum atomic E-state index is -1.59. The van der Waals surface area contributed by atoms with E-state index in [0.29, 0.717) is 25.3 Å². The van der Waals surface area contributed by atoms with E-state index in [-0.39, 0.29) is 11.8 Å². The number of nitrogens with zero attached hydrogens (tertiary/aromatic N) is 4. The molecule has 5 nitrogen and oxygen atoms in total. The number of rotatable bonds is 7. The monoisotopic (exact) mass is 540 g/mol. The Balaban J connectivity index is 1.50. The molecule has 1 aromatic carbocycles. The number of aryl methyl sites for hydroxylation is 1. The smallest absolute Gasteiger partial charge is 0.246 e. The van der Waals surface area contributed by atoms with Crippen molar-refractivity contribution in [1.82, 2.24) is 19.6 Å². The van der Waals surface area contributed by atoms with E-state index >= 15 is 4.39 Å². The maximum Gasteiger partial charge on any atom is 0.246 e. The van der Waals surface area contributed by atoms with E-state index in [0.717, 1.165) is 51.1 Å². The van der Waals surface area contributed by atoms with Gasteiger partial charge in [0.2, 0.25) is 5.91 Å². The van der Waals surface area contributed by atoms with E-state index in [1.807, 2.05) is 48.4 Å². The van der Waals surface area contributed by atoms with Crippen LogP contribution in [0.1, 0.15) is 61.2 Å². The van der Waals surface area contributed by atoms with Crippen LogP contribution in [-0.4, -0.2) is 51.7 Å². The Morgan fingerprint density at radius 2 is 1.97 bits per heavy atom. The Labute approximate surface area is 227 Å². The number of aromatic nitrogens is 2. The van der Waals surface area contributed by atoms with E-state index in [2.05, 4.69) is 16.1 Å². The van der Waals surface area contributed by atoms with Crippen LogP contribution in [0.5, 0.6) is 0 Å². The molecule has 0 bridgehead atoms. The van der Waals surface area contributed by atoms with Crippen molar-refractivity contribution in [2.45, 2.75) is 58.3 Å². The van der Waals surface area contributed by atoms with Crippen molar-refractivity contribution in [1.29, 1.82) is 0 Å². The molecule has 0 spiro atoms. The minimum Gasteiger partial charge on any atom is -0.333 e. The molecule has 1 fully saturated rings.